The number of thiazole rings is 1. The van der Waals surface area contributed by atoms with Gasteiger partial charge in [-0.25, -0.2) is 13.4 Å². The quantitative estimate of drug-likeness (QED) is 0.571. The fraction of sp³-hybridized carbons (Fsp3) is 0.273. The third kappa shape index (κ3) is 5.36. The molecule has 10 heteroatoms. The number of halogens is 1. The minimum Gasteiger partial charge on any atom is -0.304 e. The van der Waals surface area contributed by atoms with Crippen LogP contribution in [-0.2, 0) is 16.4 Å². The Kier molecular flexibility index (Phi) is 6.92. The number of anilines is 1. The third-order valence-electron chi connectivity index (χ3n) is 5.26. The Bertz CT molecular complexity index is 1200. The Morgan fingerprint density at radius 1 is 1.12 bits per heavy atom. The van der Waals surface area contributed by atoms with Crippen LogP contribution in [0.5, 0.6) is 0 Å². The first kappa shape index (κ1) is 22.9. The van der Waals surface area contributed by atoms with Crippen molar-refractivity contribution in [2.45, 2.75) is 11.3 Å². The number of hydrogen-bond acceptors (Lipinski definition) is 6. The van der Waals surface area contributed by atoms with Crippen molar-refractivity contribution >= 4 is 44.0 Å². The Labute approximate surface area is 196 Å². The molecule has 0 saturated carbocycles. The second kappa shape index (κ2) is 9.68. The molecule has 0 aliphatic carbocycles. The molecular weight excluding hydrogens is 468 g/mol. The number of carbonyl (C=O) groups is 1. The molecule has 0 unspecified atom stereocenters. The lowest BCUT2D eigenvalue weighted by Gasteiger charge is -2.31. The third-order valence-corrected chi connectivity index (χ3v) is 8.32. The van der Waals surface area contributed by atoms with Gasteiger partial charge in [0.1, 0.15) is 0 Å². The van der Waals surface area contributed by atoms with Gasteiger partial charge >= 0.3 is 0 Å². The summed E-state index contributed by atoms with van der Waals surface area (Å²) in [5.74, 6) is -0.396. The molecule has 0 atom stereocenters. The van der Waals surface area contributed by atoms with Gasteiger partial charge in [-0.05, 0) is 42.9 Å². The number of rotatable bonds is 6. The molecule has 2 heterocycles. The van der Waals surface area contributed by atoms with Crippen LogP contribution < -0.4 is 5.32 Å². The average molecular weight is 491 g/mol. The van der Waals surface area contributed by atoms with E-state index >= 15 is 0 Å². The van der Waals surface area contributed by atoms with Crippen molar-refractivity contribution in [2.75, 3.05) is 38.5 Å². The maximum absolute atomic E-state index is 13.0. The van der Waals surface area contributed by atoms with Crippen LogP contribution in [0, 0.1) is 0 Å². The first-order valence-electron chi connectivity index (χ1n) is 10.1. The highest BCUT2D eigenvalue weighted by Gasteiger charge is 2.28. The smallest absolute Gasteiger partial charge is 0.257 e. The molecule has 1 N–H and O–H groups in total. The number of piperazine rings is 1. The molecule has 3 aromatic rings. The Balaban J connectivity index is 1.44. The zero-order chi connectivity index (χ0) is 22.7. The van der Waals surface area contributed by atoms with Crippen LogP contribution >= 0.6 is 22.9 Å². The van der Waals surface area contributed by atoms with Crippen molar-refractivity contribution in [3.05, 3.63) is 75.8 Å². The lowest BCUT2D eigenvalue weighted by molar-refractivity contribution is 0.102. The summed E-state index contributed by atoms with van der Waals surface area (Å²) in [4.78, 5) is 20.2. The molecule has 0 spiro atoms. The normalized spacial score (nSPS) is 15.6. The summed E-state index contributed by atoms with van der Waals surface area (Å²) in [5, 5.41) is 3.92. The summed E-state index contributed by atoms with van der Waals surface area (Å²) in [7, 11) is -1.68. The zero-order valence-corrected chi connectivity index (χ0v) is 19.9. The molecule has 1 aliphatic rings. The van der Waals surface area contributed by atoms with Crippen LogP contribution in [0.1, 0.15) is 20.8 Å². The summed E-state index contributed by atoms with van der Waals surface area (Å²) < 4.78 is 27.4. The molecule has 1 aliphatic heterocycles. The molecule has 7 nitrogen and oxygen atoms in total. The largest absolute Gasteiger partial charge is 0.304 e. The van der Waals surface area contributed by atoms with E-state index in [1.807, 2.05) is 31.3 Å². The van der Waals surface area contributed by atoms with Gasteiger partial charge in [0.15, 0.2) is 5.13 Å². The van der Waals surface area contributed by atoms with E-state index in [4.69, 9.17) is 11.6 Å². The Morgan fingerprint density at radius 3 is 2.56 bits per heavy atom. The van der Waals surface area contributed by atoms with Gasteiger partial charge in [0.25, 0.3) is 5.91 Å². The SMILES string of the molecule is CN1CCN(S(=O)(=O)c2cccc(C(=O)Nc3ncc(Cc4ccc(Cl)cc4)s3)c2)CC1. The molecule has 1 saturated heterocycles. The lowest BCUT2D eigenvalue weighted by atomic mass is 10.1. The van der Waals surface area contributed by atoms with Gasteiger partial charge in [-0.3, -0.25) is 10.1 Å². The summed E-state index contributed by atoms with van der Waals surface area (Å²) in [6.07, 6.45) is 2.41. The van der Waals surface area contributed by atoms with Crippen LogP contribution in [0.3, 0.4) is 0 Å². The van der Waals surface area contributed by atoms with Gasteiger partial charge in [0.2, 0.25) is 10.0 Å². The second-order valence-corrected chi connectivity index (χ2v) is 11.1. The highest BCUT2D eigenvalue weighted by atomic mass is 35.5. The van der Waals surface area contributed by atoms with E-state index in [9.17, 15) is 13.2 Å². The summed E-state index contributed by atoms with van der Waals surface area (Å²) in [5.41, 5.74) is 1.37. The van der Waals surface area contributed by atoms with Crippen LogP contribution in [0.2, 0.25) is 5.02 Å². The van der Waals surface area contributed by atoms with E-state index < -0.39 is 15.9 Å². The van der Waals surface area contributed by atoms with E-state index in [1.54, 1.807) is 18.3 Å². The van der Waals surface area contributed by atoms with Gasteiger partial charge in [0, 0.05) is 54.3 Å². The van der Waals surface area contributed by atoms with Gasteiger partial charge < -0.3 is 4.90 Å². The van der Waals surface area contributed by atoms with Crippen molar-refractivity contribution in [1.82, 2.24) is 14.2 Å². The number of amides is 1. The second-order valence-electron chi connectivity index (χ2n) is 7.62. The first-order chi connectivity index (χ1) is 15.3. The Morgan fingerprint density at radius 2 is 1.84 bits per heavy atom. The van der Waals surface area contributed by atoms with E-state index in [-0.39, 0.29) is 10.5 Å². The number of aromatic nitrogens is 1. The van der Waals surface area contributed by atoms with E-state index in [2.05, 4.69) is 15.2 Å². The molecule has 1 amide bonds. The van der Waals surface area contributed by atoms with Crippen LogP contribution in [0.4, 0.5) is 5.13 Å². The molecule has 1 aromatic heterocycles. The van der Waals surface area contributed by atoms with Gasteiger partial charge in [-0.15, -0.1) is 11.3 Å². The van der Waals surface area contributed by atoms with E-state index in [1.165, 1.54) is 27.8 Å². The van der Waals surface area contributed by atoms with Crippen molar-refractivity contribution in [3.63, 3.8) is 0 Å². The highest BCUT2D eigenvalue weighted by Crippen LogP contribution is 2.24. The molecule has 1 fully saturated rings. The van der Waals surface area contributed by atoms with Crippen LogP contribution in [-0.4, -0.2) is 61.7 Å². The number of nitrogens with one attached hydrogen (secondary N) is 1. The number of likely N-dealkylation sites (N-methyl/N-ethyl adjacent to an activating group) is 1. The van der Waals surface area contributed by atoms with E-state index in [0.717, 1.165) is 10.4 Å². The van der Waals surface area contributed by atoms with Gasteiger partial charge in [0.05, 0.1) is 4.90 Å². The molecule has 2 aromatic carbocycles. The fourth-order valence-electron chi connectivity index (χ4n) is 3.40. The molecule has 32 heavy (non-hydrogen) atoms. The maximum atomic E-state index is 13.0. The molecule has 168 valence electrons. The van der Waals surface area contributed by atoms with Crippen molar-refractivity contribution in [2.24, 2.45) is 0 Å². The molecular formula is C22H23ClN4O3S2. The number of nitrogens with zero attached hydrogens (tertiary/aromatic N) is 3. The molecule has 0 bridgehead atoms. The van der Waals surface area contributed by atoms with Crippen LogP contribution in [0.25, 0.3) is 0 Å². The first-order valence-corrected chi connectivity index (χ1v) is 12.7. The highest BCUT2D eigenvalue weighted by molar-refractivity contribution is 7.89. The Hall–Kier alpha value is -2.30. The minimum absolute atomic E-state index is 0.122. The topological polar surface area (TPSA) is 82.6 Å². The predicted molar refractivity (Wildman–Crippen MR) is 127 cm³/mol. The number of hydrogen-bond donors (Lipinski definition) is 1. The molecule has 0 radical (unpaired) electrons. The van der Waals surface area contributed by atoms with E-state index in [0.29, 0.717) is 42.8 Å². The predicted octanol–water partition coefficient (Wildman–Crippen LogP) is 3.58. The van der Waals surface area contributed by atoms with Crippen molar-refractivity contribution in [1.29, 1.82) is 0 Å². The number of sulfonamides is 1. The standard InChI is InChI=1S/C22H23ClN4O3S2/c1-26-9-11-27(12-10-26)32(29,30)20-4-2-3-17(14-20)21(28)25-22-24-15-19(31-22)13-16-5-7-18(23)8-6-16/h2-8,14-15H,9-13H2,1H3,(H,24,25,28). The summed E-state index contributed by atoms with van der Waals surface area (Å²) >= 11 is 7.30. The van der Waals surface area contributed by atoms with Crippen LogP contribution in [0.15, 0.2) is 59.6 Å². The van der Waals surface area contributed by atoms with Gasteiger partial charge in [-0.2, -0.15) is 4.31 Å². The fourth-order valence-corrected chi connectivity index (χ4v) is 5.83. The number of carbonyl (C=O) groups excluding carboxylic acids is 1. The monoisotopic (exact) mass is 490 g/mol. The average Bonchev–Trinajstić information content (AvgIpc) is 3.22. The summed E-state index contributed by atoms with van der Waals surface area (Å²) in [6.45, 7) is 2.24. The minimum atomic E-state index is -3.64. The zero-order valence-electron chi connectivity index (χ0n) is 17.5. The van der Waals surface area contributed by atoms with Crippen molar-refractivity contribution < 1.29 is 13.2 Å². The lowest BCUT2D eigenvalue weighted by Crippen LogP contribution is -2.47. The maximum Gasteiger partial charge on any atom is 0.257 e. The number of benzene rings is 2. The summed E-state index contributed by atoms with van der Waals surface area (Å²) in [6, 6.07) is 13.7. The van der Waals surface area contributed by atoms with Gasteiger partial charge in [-0.1, -0.05) is 29.8 Å². The molecule has 4 rings (SSSR count). The van der Waals surface area contributed by atoms with Crippen molar-refractivity contribution in [3.8, 4) is 0 Å².